The number of carboxylic acids is 1. The number of nitrogens with one attached hydrogen (secondary N) is 1. The molecule has 10 heteroatoms. The summed E-state index contributed by atoms with van der Waals surface area (Å²) in [6.07, 6.45) is -6.58. The molecule has 0 radical (unpaired) electrons. The zero-order chi connectivity index (χ0) is 19.5. The van der Waals surface area contributed by atoms with Crippen LogP contribution < -0.4 is 10.7 Å². The van der Waals surface area contributed by atoms with Gasteiger partial charge in [-0.1, -0.05) is 18.2 Å². The molecule has 0 aliphatic heterocycles. The summed E-state index contributed by atoms with van der Waals surface area (Å²) < 4.78 is 38.6. The maximum Gasteiger partial charge on any atom is 0.391 e. The van der Waals surface area contributed by atoms with Crippen molar-refractivity contribution in [2.24, 2.45) is 0 Å². The van der Waals surface area contributed by atoms with Gasteiger partial charge in [-0.3, -0.25) is 9.59 Å². The zero-order valence-electron chi connectivity index (χ0n) is 13.4. The van der Waals surface area contributed by atoms with Gasteiger partial charge in [0.2, 0.25) is 5.43 Å². The molecule has 1 atom stereocenters. The minimum absolute atomic E-state index is 0.392. The van der Waals surface area contributed by atoms with Crippen LogP contribution in [0.2, 0.25) is 0 Å². The Labute approximate surface area is 145 Å². The van der Waals surface area contributed by atoms with Gasteiger partial charge in [-0.25, -0.2) is 9.48 Å². The predicted octanol–water partition coefficient (Wildman–Crippen LogP) is 1.68. The number of nitrogens with zero attached hydrogens (tertiary/aromatic N) is 2. The molecule has 1 unspecified atom stereocenters. The zero-order valence-corrected chi connectivity index (χ0v) is 13.4. The van der Waals surface area contributed by atoms with Crippen LogP contribution in [0.5, 0.6) is 0 Å². The highest BCUT2D eigenvalue weighted by Gasteiger charge is 2.36. The first-order chi connectivity index (χ1) is 12.1. The van der Waals surface area contributed by atoms with E-state index in [9.17, 15) is 27.6 Å². The summed E-state index contributed by atoms with van der Waals surface area (Å²) >= 11 is 0. The highest BCUT2D eigenvalue weighted by Crippen LogP contribution is 2.21. The third-order valence-corrected chi connectivity index (χ3v) is 3.36. The molecule has 0 bridgehead atoms. The monoisotopic (exact) mass is 369 g/mol. The van der Waals surface area contributed by atoms with E-state index in [0.717, 1.165) is 6.07 Å². The van der Waals surface area contributed by atoms with Gasteiger partial charge in [0.1, 0.15) is 6.04 Å². The molecule has 0 aliphatic carbocycles. The molecule has 2 rings (SSSR count). The fourth-order valence-electron chi connectivity index (χ4n) is 2.19. The molecule has 1 aromatic carbocycles. The molecule has 0 saturated carbocycles. The Morgan fingerprint density at radius 2 is 1.88 bits per heavy atom. The van der Waals surface area contributed by atoms with E-state index in [1.165, 1.54) is 4.68 Å². The van der Waals surface area contributed by atoms with Crippen molar-refractivity contribution in [2.75, 3.05) is 0 Å². The molecule has 26 heavy (non-hydrogen) atoms. The summed E-state index contributed by atoms with van der Waals surface area (Å²) in [7, 11) is 0. The van der Waals surface area contributed by atoms with E-state index in [0.29, 0.717) is 11.4 Å². The number of para-hydroxylation sites is 1. The third-order valence-electron chi connectivity index (χ3n) is 3.36. The van der Waals surface area contributed by atoms with Gasteiger partial charge in [0.25, 0.3) is 5.91 Å². The van der Waals surface area contributed by atoms with Crippen LogP contribution in [0.3, 0.4) is 0 Å². The van der Waals surface area contributed by atoms with Gasteiger partial charge in [0.05, 0.1) is 12.1 Å². The van der Waals surface area contributed by atoms with Gasteiger partial charge in [-0.2, -0.15) is 18.3 Å². The first kappa shape index (κ1) is 19.2. The Morgan fingerprint density at radius 1 is 1.27 bits per heavy atom. The largest absolute Gasteiger partial charge is 0.480 e. The van der Waals surface area contributed by atoms with Crippen molar-refractivity contribution in [2.45, 2.75) is 25.6 Å². The van der Waals surface area contributed by atoms with Crippen molar-refractivity contribution < 1.29 is 27.9 Å². The normalized spacial score (nSPS) is 12.5. The van der Waals surface area contributed by atoms with Crippen LogP contribution in [0, 0.1) is 6.92 Å². The van der Waals surface area contributed by atoms with Gasteiger partial charge in [-0.15, -0.1) is 0 Å². The van der Waals surface area contributed by atoms with Crippen molar-refractivity contribution in [1.29, 1.82) is 0 Å². The van der Waals surface area contributed by atoms with E-state index in [1.807, 2.05) is 0 Å². The number of carbonyl (C=O) groups is 2. The lowest BCUT2D eigenvalue weighted by Crippen LogP contribution is -2.45. The van der Waals surface area contributed by atoms with E-state index >= 15 is 0 Å². The lowest BCUT2D eigenvalue weighted by molar-refractivity contribution is -0.157. The van der Waals surface area contributed by atoms with Crippen molar-refractivity contribution in [3.05, 3.63) is 58.0 Å². The van der Waals surface area contributed by atoms with Gasteiger partial charge in [-0.05, 0) is 19.1 Å². The molecule has 1 aromatic heterocycles. The number of benzene rings is 1. The molecule has 138 valence electrons. The highest BCUT2D eigenvalue weighted by molar-refractivity contribution is 5.94. The van der Waals surface area contributed by atoms with Crippen LogP contribution in [0.1, 0.15) is 22.6 Å². The number of aromatic nitrogens is 2. The van der Waals surface area contributed by atoms with Crippen LogP contribution in [0.15, 0.2) is 41.2 Å². The molecule has 1 heterocycles. The summed E-state index contributed by atoms with van der Waals surface area (Å²) in [6.45, 7) is 1.56. The van der Waals surface area contributed by atoms with Crippen molar-refractivity contribution in [1.82, 2.24) is 15.1 Å². The number of aliphatic carboxylic acids is 1. The molecule has 1 amide bonds. The first-order valence-electron chi connectivity index (χ1n) is 7.35. The molecule has 0 spiro atoms. The lowest BCUT2D eigenvalue weighted by Gasteiger charge is -2.16. The number of alkyl halides is 3. The number of carboxylic acid groups (broad SMARTS) is 1. The molecule has 7 nitrogen and oxygen atoms in total. The summed E-state index contributed by atoms with van der Waals surface area (Å²) in [6, 6.07) is 7.29. The van der Waals surface area contributed by atoms with E-state index in [-0.39, 0.29) is 0 Å². The minimum Gasteiger partial charge on any atom is -0.480 e. The van der Waals surface area contributed by atoms with Crippen LogP contribution >= 0.6 is 0 Å². The minimum atomic E-state index is -4.80. The lowest BCUT2D eigenvalue weighted by atomic mass is 10.2. The number of rotatable bonds is 5. The molecule has 2 N–H and O–H groups in total. The maximum absolute atomic E-state index is 12.4. The van der Waals surface area contributed by atoms with E-state index < -0.39 is 41.6 Å². The van der Waals surface area contributed by atoms with Gasteiger partial charge in [0.15, 0.2) is 5.69 Å². The Kier molecular flexibility index (Phi) is 5.44. The number of halogens is 3. The van der Waals surface area contributed by atoms with Crippen molar-refractivity contribution in [3.63, 3.8) is 0 Å². The fraction of sp³-hybridized carbons (Fsp3) is 0.250. The second-order valence-electron chi connectivity index (χ2n) is 5.43. The number of hydrogen-bond donors (Lipinski definition) is 2. The van der Waals surface area contributed by atoms with E-state index in [1.54, 1.807) is 42.6 Å². The summed E-state index contributed by atoms with van der Waals surface area (Å²) in [5, 5.41) is 14.4. The van der Waals surface area contributed by atoms with Crippen molar-refractivity contribution in [3.8, 4) is 5.69 Å². The Bertz CT molecular complexity index is 879. The smallest absolute Gasteiger partial charge is 0.391 e. The third kappa shape index (κ3) is 4.68. The van der Waals surface area contributed by atoms with Gasteiger partial charge in [0, 0.05) is 11.8 Å². The van der Waals surface area contributed by atoms with Crippen LogP contribution in [0.25, 0.3) is 5.69 Å². The van der Waals surface area contributed by atoms with Gasteiger partial charge < -0.3 is 10.4 Å². The maximum atomic E-state index is 12.4. The summed E-state index contributed by atoms with van der Waals surface area (Å²) in [4.78, 5) is 35.1. The van der Waals surface area contributed by atoms with E-state index in [4.69, 9.17) is 5.11 Å². The molecule has 0 saturated heterocycles. The fourth-order valence-corrected chi connectivity index (χ4v) is 2.19. The highest BCUT2D eigenvalue weighted by atomic mass is 19.4. The van der Waals surface area contributed by atoms with Crippen LogP contribution in [-0.4, -0.2) is 39.0 Å². The molecule has 0 aliphatic rings. The number of aryl methyl sites for hydroxylation is 1. The standard InChI is InChI=1S/C16H14F3N3O4/c1-9-7-12(23)13(21-22(9)10-5-3-2-4-6-10)14(24)20-11(15(25)26)8-16(17,18)19/h2-7,11H,8H2,1H3,(H,20,24)(H,25,26). The molecular weight excluding hydrogens is 355 g/mol. The average Bonchev–Trinajstić information content (AvgIpc) is 2.53. The number of hydrogen-bond acceptors (Lipinski definition) is 4. The first-order valence-corrected chi connectivity index (χ1v) is 7.35. The topological polar surface area (TPSA) is 101 Å². The number of carbonyl (C=O) groups excluding carboxylic acids is 1. The van der Waals surface area contributed by atoms with Gasteiger partial charge >= 0.3 is 12.1 Å². The predicted molar refractivity (Wildman–Crippen MR) is 84.1 cm³/mol. The Morgan fingerprint density at radius 3 is 2.42 bits per heavy atom. The Hall–Kier alpha value is -3.17. The average molecular weight is 369 g/mol. The molecule has 0 fully saturated rings. The quantitative estimate of drug-likeness (QED) is 0.835. The second kappa shape index (κ2) is 7.38. The van der Waals surface area contributed by atoms with E-state index in [2.05, 4.69) is 5.10 Å². The van der Waals surface area contributed by atoms with Crippen LogP contribution in [-0.2, 0) is 4.79 Å². The number of amides is 1. The summed E-state index contributed by atoms with van der Waals surface area (Å²) in [5.41, 5.74) is -0.622. The SMILES string of the molecule is Cc1cc(=O)c(C(=O)NC(CC(F)(F)F)C(=O)O)nn1-c1ccccc1. The second-order valence-corrected chi connectivity index (χ2v) is 5.43. The molecular formula is C16H14F3N3O4. The summed E-state index contributed by atoms with van der Waals surface area (Å²) in [5.74, 6) is -3.16. The molecule has 2 aromatic rings. The Balaban J connectivity index is 2.37. The van der Waals surface area contributed by atoms with Crippen molar-refractivity contribution >= 4 is 11.9 Å². The van der Waals surface area contributed by atoms with Crippen LogP contribution in [0.4, 0.5) is 13.2 Å².